The first kappa shape index (κ1) is 33.5. The summed E-state index contributed by atoms with van der Waals surface area (Å²) in [5.41, 5.74) is 2.90. The molecule has 4 nitrogen and oxygen atoms in total. The third-order valence-electron chi connectivity index (χ3n) is 8.62. The highest BCUT2D eigenvalue weighted by atomic mass is 16.3. The van der Waals surface area contributed by atoms with E-state index >= 15 is 0 Å². The van der Waals surface area contributed by atoms with Gasteiger partial charge < -0.3 is 20.4 Å². The quantitative estimate of drug-likeness (QED) is 0.329. The topological polar surface area (TPSA) is 80.9 Å². The lowest BCUT2D eigenvalue weighted by atomic mass is 9.61. The van der Waals surface area contributed by atoms with Crippen molar-refractivity contribution in [1.82, 2.24) is 0 Å². The van der Waals surface area contributed by atoms with Gasteiger partial charge in [-0.15, -0.1) is 0 Å². The number of aliphatic hydroxyl groups is 4. The molecule has 4 N–H and O–H groups in total. The molecule has 0 spiro atoms. The van der Waals surface area contributed by atoms with Crippen LogP contribution in [0.1, 0.15) is 128 Å². The molecule has 4 heteroatoms. The molecule has 0 heterocycles. The summed E-state index contributed by atoms with van der Waals surface area (Å²) in [6.45, 7) is 28.1. The zero-order valence-corrected chi connectivity index (χ0v) is 27.2. The zero-order valence-electron chi connectivity index (χ0n) is 27.2. The summed E-state index contributed by atoms with van der Waals surface area (Å²) in [6, 6.07) is 8.49. The normalized spacial score (nSPS) is 14.2. The molecular weight excluding hydrogens is 484 g/mol. The minimum Gasteiger partial charge on any atom is -0.395 e. The monoisotopic (exact) mass is 540 g/mol. The molecular formula is C35H56O4. The number of aliphatic hydroxyl groups excluding tert-OH is 3. The molecule has 0 saturated carbocycles. The fourth-order valence-electron chi connectivity index (χ4n) is 5.81. The molecule has 0 aliphatic carbocycles. The molecule has 2 aromatic rings. The first-order valence-electron chi connectivity index (χ1n) is 14.3. The van der Waals surface area contributed by atoms with E-state index in [0.717, 1.165) is 33.4 Å². The summed E-state index contributed by atoms with van der Waals surface area (Å²) in [5.74, 6) is 0. The van der Waals surface area contributed by atoms with Crippen molar-refractivity contribution in [3.8, 4) is 0 Å². The SMILES string of the molecule is Cc1c(C(C)(C)C)cc(C(C)(C)C)cc1C(O)(c1cc(C(C)(C)C)cc(C(C)(C)C)c1C)C(CO)(CO)CO. The third kappa shape index (κ3) is 6.00. The molecule has 0 aliphatic rings. The summed E-state index contributed by atoms with van der Waals surface area (Å²) < 4.78 is 0. The molecule has 0 saturated heterocycles. The Labute approximate surface area is 238 Å². The van der Waals surface area contributed by atoms with Crippen molar-refractivity contribution in [3.63, 3.8) is 0 Å². The Hall–Kier alpha value is -1.72. The Balaban J connectivity index is 3.36. The summed E-state index contributed by atoms with van der Waals surface area (Å²) >= 11 is 0. The molecule has 220 valence electrons. The number of benzene rings is 2. The van der Waals surface area contributed by atoms with Gasteiger partial charge in [-0.25, -0.2) is 0 Å². The van der Waals surface area contributed by atoms with E-state index in [-0.39, 0.29) is 21.7 Å². The molecule has 39 heavy (non-hydrogen) atoms. The van der Waals surface area contributed by atoms with Gasteiger partial charge in [-0.05, 0) is 80.0 Å². The van der Waals surface area contributed by atoms with E-state index in [2.05, 4.69) is 95.2 Å². The van der Waals surface area contributed by atoms with Gasteiger partial charge in [0.2, 0.25) is 0 Å². The van der Waals surface area contributed by atoms with Crippen LogP contribution in [-0.4, -0.2) is 40.2 Å². The smallest absolute Gasteiger partial charge is 0.127 e. The van der Waals surface area contributed by atoms with Crippen LogP contribution in [0.25, 0.3) is 0 Å². The molecule has 0 amide bonds. The van der Waals surface area contributed by atoms with Crippen LogP contribution in [0.5, 0.6) is 0 Å². The van der Waals surface area contributed by atoms with Crippen LogP contribution < -0.4 is 0 Å². The Morgan fingerprint density at radius 1 is 0.462 bits per heavy atom. The number of hydrogen-bond acceptors (Lipinski definition) is 4. The van der Waals surface area contributed by atoms with Gasteiger partial charge >= 0.3 is 0 Å². The van der Waals surface area contributed by atoms with E-state index < -0.39 is 30.8 Å². The highest BCUT2D eigenvalue weighted by molar-refractivity contribution is 5.56. The first-order valence-corrected chi connectivity index (χ1v) is 14.3. The van der Waals surface area contributed by atoms with Crippen LogP contribution in [0, 0.1) is 19.3 Å². The molecule has 0 radical (unpaired) electrons. The van der Waals surface area contributed by atoms with E-state index in [1.807, 2.05) is 26.0 Å². The van der Waals surface area contributed by atoms with Gasteiger partial charge in [0.1, 0.15) is 5.60 Å². The number of rotatable bonds is 6. The summed E-state index contributed by atoms with van der Waals surface area (Å²) in [5, 5.41) is 45.9. The summed E-state index contributed by atoms with van der Waals surface area (Å²) in [7, 11) is 0. The maximum absolute atomic E-state index is 13.3. The van der Waals surface area contributed by atoms with Crippen molar-refractivity contribution in [2.45, 2.75) is 124 Å². The number of hydrogen-bond donors (Lipinski definition) is 4. The van der Waals surface area contributed by atoms with Crippen LogP contribution in [0.3, 0.4) is 0 Å². The van der Waals surface area contributed by atoms with E-state index in [0.29, 0.717) is 11.1 Å². The predicted molar refractivity (Wildman–Crippen MR) is 164 cm³/mol. The van der Waals surface area contributed by atoms with E-state index in [1.165, 1.54) is 0 Å². The van der Waals surface area contributed by atoms with Crippen molar-refractivity contribution < 1.29 is 20.4 Å². The Bertz CT molecular complexity index is 1080. The highest BCUT2D eigenvalue weighted by Crippen LogP contribution is 2.51. The van der Waals surface area contributed by atoms with E-state index in [1.54, 1.807) is 0 Å². The lowest BCUT2D eigenvalue weighted by molar-refractivity contribution is -0.136. The fraction of sp³-hybridized carbons (Fsp3) is 0.657. The van der Waals surface area contributed by atoms with E-state index in [4.69, 9.17) is 0 Å². The van der Waals surface area contributed by atoms with Crippen LogP contribution in [0.15, 0.2) is 24.3 Å². The van der Waals surface area contributed by atoms with Crippen LogP contribution in [0.4, 0.5) is 0 Å². The van der Waals surface area contributed by atoms with Crippen LogP contribution in [-0.2, 0) is 27.3 Å². The maximum Gasteiger partial charge on any atom is 0.127 e. The summed E-state index contributed by atoms with van der Waals surface area (Å²) in [6.07, 6.45) is 0. The van der Waals surface area contributed by atoms with Crippen LogP contribution >= 0.6 is 0 Å². The Morgan fingerprint density at radius 3 is 0.923 bits per heavy atom. The fourth-order valence-corrected chi connectivity index (χ4v) is 5.81. The third-order valence-corrected chi connectivity index (χ3v) is 8.62. The second-order valence-corrected chi connectivity index (χ2v) is 15.9. The minimum absolute atomic E-state index is 0.220. The lowest BCUT2D eigenvalue weighted by Crippen LogP contribution is -2.55. The molecule has 2 rings (SSSR count). The van der Waals surface area contributed by atoms with Gasteiger partial charge in [0.05, 0.1) is 25.2 Å². The second kappa shape index (κ2) is 10.6. The van der Waals surface area contributed by atoms with E-state index in [9.17, 15) is 20.4 Å². The van der Waals surface area contributed by atoms with Gasteiger partial charge in [-0.2, -0.15) is 0 Å². The average molecular weight is 541 g/mol. The molecule has 0 aliphatic heterocycles. The minimum atomic E-state index is -1.89. The lowest BCUT2D eigenvalue weighted by Gasteiger charge is -2.48. The average Bonchev–Trinajstić information content (AvgIpc) is 2.77. The van der Waals surface area contributed by atoms with Crippen molar-refractivity contribution in [2.75, 3.05) is 19.8 Å². The summed E-state index contributed by atoms with van der Waals surface area (Å²) in [4.78, 5) is 0. The van der Waals surface area contributed by atoms with Crippen molar-refractivity contribution in [2.24, 2.45) is 5.41 Å². The van der Waals surface area contributed by atoms with Crippen molar-refractivity contribution in [1.29, 1.82) is 0 Å². The second-order valence-electron chi connectivity index (χ2n) is 15.9. The Morgan fingerprint density at radius 2 is 0.718 bits per heavy atom. The molecule has 0 aromatic heterocycles. The van der Waals surface area contributed by atoms with Gasteiger partial charge in [0, 0.05) is 0 Å². The van der Waals surface area contributed by atoms with Crippen molar-refractivity contribution >= 4 is 0 Å². The predicted octanol–water partition coefficient (Wildman–Crippen LogP) is 6.69. The molecule has 0 bridgehead atoms. The maximum atomic E-state index is 13.3. The van der Waals surface area contributed by atoms with Gasteiger partial charge in [0.25, 0.3) is 0 Å². The van der Waals surface area contributed by atoms with Gasteiger partial charge in [-0.1, -0.05) is 107 Å². The van der Waals surface area contributed by atoms with Gasteiger partial charge in [0.15, 0.2) is 0 Å². The largest absolute Gasteiger partial charge is 0.395 e. The molecule has 0 unspecified atom stereocenters. The zero-order chi connectivity index (χ0) is 30.6. The molecule has 0 fully saturated rings. The molecule has 0 atom stereocenters. The Kier molecular flexibility index (Phi) is 9.10. The first-order chi connectivity index (χ1) is 17.4. The van der Waals surface area contributed by atoms with Gasteiger partial charge in [-0.3, -0.25) is 0 Å². The van der Waals surface area contributed by atoms with Crippen LogP contribution in [0.2, 0.25) is 0 Å². The van der Waals surface area contributed by atoms with Crippen molar-refractivity contribution in [3.05, 3.63) is 68.8 Å². The molecule has 2 aromatic carbocycles. The standard InChI is InChI=1S/C35H56O4/c1-22-26(32(9,10)11)15-24(30(3,4)5)17-28(22)35(39,34(19-36,20-37)21-38)29-18-25(31(6,7)8)16-27(23(29)2)33(12,13)14/h15-18,36-39H,19-21H2,1-14H3. The highest BCUT2D eigenvalue weighted by Gasteiger charge is 2.54.